The first kappa shape index (κ1) is 10.9. The third-order valence-corrected chi connectivity index (χ3v) is 10.1. The maximum atomic E-state index is 10.4. The van der Waals surface area contributed by atoms with Crippen molar-refractivity contribution in [2.24, 2.45) is 0 Å². The van der Waals surface area contributed by atoms with Gasteiger partial charge in [-0.05, 0) is 0 Å². The molecule has 0 saturated heterocycles. The quantitative estimate of drug-likeness (QED) is 0.358. The molecule has 0 rings (SSSR count). The molecule has 0 fully saturated rings. The van der Waals surface area contributed by atoms with Crippen LogP contribution in [0, 0.1) is 0 Å². The van der Waals surface area contributed by atoms with Gasteiger partial charge in [-0.3, -0.25) is 0 Å². The molecule has 0 unspecified atom stereocenters. The number of rotatable bonds is 1. The predicted molar refractivity (Wildman–Crippen MR) is 69.9 cm³/mol. The van der Waals surface area contributed by atoms with Crippen LogP contribution in [0.25, 0.3) is 0 Å². The Morgan fingerprint density at radius 2 is 1.38 bits per heavy atom. The van der Waals surface area contributed by atoms with Crippen LogP contribution in [-0.2, 0) is 0 Å². The van der Waals surface area contributed by atoms with Gasteiger partial charge in [0.2, 0.25) is 0 Å². The summed E-state index contributed by atoms with van der Waals surface area (Å²) in [6.07, 6.45) is 0. The molecule has 0 aliphatic rings. The van der Waals surface area contributed by atoms with E-state index in [4.69, 9.17) is 5.11 Å². The molecule has 0 radical (unpaired) electrons. The fourth-order valence-electron chi connectivity index (χ4n) is 0. The first-order valence-corrected chi connectivity index (χ1v) is 25.2. The van der Waals surface area contributed by atoms with Crippen LogP contribution in [0.1, 0.15) is 0 Å². The second-order valence-electron chi connectivity index (χ2n) is 1.00. The summed E-state index contributed by atoms with van der Waals surface area (Å²) in [5.41, 5.74) is 0. The summed E-state index contributed by atoms with van der Waals surface area (Å²) in [5.74, 6) is 0. The number of hydrogen-bond acceptors (Lipinski definition) is 1. The first-order valence-electron chi connectivity index (χ1n) is 1.33. The van der Waals surface area contributed by atoms with Crippen molar-refractivity contribution in [1.29, 1.82) is 0 Å². The van der Waals surface area contributed by atoms with Gasteiger partial charge in [0.1, 0.15) is 0 Å². The minimum atomic E-state index is -2.87. The molecule has 0 aliphatic heterocycles. The summed E-state index contributed by atoms with van der Waals surface area (Å²) >= 11 is 8.16. The molecule has 0 aliphatic carbocycles. The Kier molecular flexibility index (Phi) is 4.29. The zero-order valence-corrected chi connectivity index (χ0v) is 13.8. The molecule has 0 bridgehead atoms. The van der Waals surface area contributed by atoms with Gasteiger partial charge in [-0.25, -0.2) is 0 Å². The van der Waals surface area contributed by atoms with E-state index in [2.05, 4.69) is 0 Å². The maximum absolute atomic E-state index is 10.4. The molecular formula is CHAsI4O2. The van der Waals surface area contributed by atoms with Gasteiger partial charge in [0.15, 0.2) is 0 Å². The van der Waals surface area contributed by atoms with E-state index >= 15 is 0 Å². The average molecular weight is 628 g/mol. The molecule has 0 spiro atoms. The molecular weight excluding hydrogens is 627 g/mol. The zero-order valence-electron chi connectivity index (χ0n) is 3.31. The Morgan fingerprint density at radius 3 is 1.38 bits per heavy atom. The van der Waals surface area contributed by atoms with Gasteiger partial charge in [-0.1, -0.05) is 0 Å². The monoisotopic (exact) mass is 628 g/mol. The summed E-state index contributed by atoms with van der Waals surface area (Å²) in [6.45, 7) is 0. The summed E-state index contributed by atoms with van der Waals surface area (Å²) in [7, 11) is 0. The van der Waals surface area contributed by atoms with E-state index in [-0.39, 0.29) is 0 Å². The third kappa shape index (κ3) is 4.72. The topological polar surface area (TPSA) is 37.3 Å². The summed E-state index contributed by atoms with van der Waals surface area (Å²) < 4.78 is -3.52. The molecule has 8 heavy (non-hydrogen) atoms. The van der Waals surface area contributed by atoms with Crippen LogP contribution in [0.2, 0.25) is 0 Å². The molecule has 0 amide bonds. The van der Waals surface area contributed by atoms with Crippen LogP contribution in [-0.4, -0.2) is 8.92 Å². The van der Waals surface area contributed by atoms with E-state index in [1.165, 1.54) is 0 Å². The number of halogens is 4. The second kappa shape index (κ2) is 3.13. The second-order valence-corrected chi connectivity index (χ2v) is 103. The van der Waals surface area contributed by atoms with Crippen LogP contribution < -0.4 is 0 Å². The Balaban J connectivity index is 4.38. The van der Waals surface area contributed by atoms with E-state index in [9.17, 15) is 4.79 Å². The fourth-order valence-corrected chi connectivity index (χ4v) is 0. The first-order chi connectivity index (χ1) is 3.20. The van der Waals surface area contributed by atoms with Gasteiger partial charge >= 0.3 is 94.2 Å². The van der Waals surface area contributed by atoms with Crippen molar-refractivity contribution in [3.63, 3.8) is 0 Å². The van der Waals surface area contributed by atoms with Crippen molar-refractivity contribution in [2.75, 3.05) is 0 Å². The van der Waals surface area contributed by atoms with Crippen molar-refractivity contribution >= 4 is 84.3 Å². The molecule has 0 aromatic carbocycles. The van der Waals surface area contributed by atoms with E-state index in [0.717, 1.165) is 0 Å². The van der Waals surface area contributed by atoms with Gasteiger partial charge in [0.25, 0.3) is 0 Å². The van der Waals surface area contributed by atoms with Gasteiger partial charge in [-0.2, -0.15) is 0 Å². The Bertz CT molecular complexity index is 114. The molecule has 7 heteroatoms. The van der Waals surface area contributed by atoms with Crippen molar-refractivity contribution in [3.05, 3.63) is 0 Å². The van der Waals surface area contributed by atoms with Crippen LogP contribution in [0.3, 0.4) is 0 Å². The predicted octanol–water partition coefficient (Wildman–Crippen LogP) is 3.38. The third-order valence-electron chi connectivity index (χ3n) is 0.289. The molecule has 2 nitrogen and oxygen atoms in total. The van der Waals surface area contributed by atoms with Gasteiger partial charge in [-0.15, -0.1) is 0 Å². The Morgan fingerprint density at radius 1 is 1.25 bits per heavy atom. The molecule has 0 saturated carbocycles. The molecule has 0 aromatic rings. The van der Waals surface area contributed by atoms with Crippen molar-refractivity contribution < 1.29 is 9.90 Å². The van der Waals surface area contributed by atoms with Crippen molar-refractivity contribution in [3.8, 4) is 0 Å². The summed E-state index contributed by atoms with van der Waals surface area (Å²) in [4.78, 5) is 10.4. The summed E-state index contributed by atoms with van der Waals surface area (Å²) in [5, 5.41) is 8.56. The van der Waals surface area contributed by atoms with E-state index in [1.54, 1.807) is 0 Å². The molecule has 1 N–H and O–H groups in total. The normalized spacial score (nSPS) is 16.8. The minimum absolute atomic E-state index is 0.647. The summed E-state index contributed by atoms with van der Waals surface area (Å²) in [6, 6.07) is 0. The number of carbonyl (C=O) groups is 1. The van der Waals surface area contributed by atoms with Crippen molar-refractivity contribution in [1.82, 2.24) is 0 Å². The van der Waals surface area contributed by atoms with Gasteiger partial charge < -0.3 is 0 Å². The number of carboxylic acid groups (broad SMARTS) is 1. The van der Waals surface area contributed by atoms with Crippen LogP contribution in [0.4, 0.5) is 4.79 Å². The van der Waals surface area contributed by atoms with E-state index in [1.807, 2.05) is 80.5 Å². The SMILES string of the molecule is O=C(O)[As](I)(I)(I)I. The number of hydrogen-bond donors (Lipinski definition) is 1. The Labute approximate surface area is 91.7 Å². The molecule has 50 valence electrons. The van der Waals surface area contributed by atoms with Crippen molar-refractivity contribution in [2.45, 2.75) is 0 Å². The van der Waals surface area contributed by atoms with E-state index < -0.39 is 3.81 Å². The zero-order chi connectivity index (χ0) is 7.02. The molecule has 0 aromatic heterocycles. The standard InChI is InChI=1S/CHAsI4O2/c3-2(4,5,6)1(7)8/h(H,7,8). The molecule has 0 atom stereocenters. The Hall–Kier alpha value is 2.95. The van der Waals surface area contributed by atoms with E-state index in [0.29, 0.717) is 0 Å². The van der Waals surface area contributed by atoms with Crippen LogP contribution in [0.5, 0.6) is 0 Å². The van der Waals surface area contributed by atoms with Crippen LogP contribution in [0.15, 0.2) is 0 Å². The van der Waals surface area contributed by atoms with Gasteiger partial charge in [0, 0.05) is 0 Å². The molecule has 0 heterocycles. The van der Waals surface area contributed by atoms with Crippen LogP contribution >= 0.6 is 80.5 Å². The average Bonchev–Trinajstić information content (AvgIpc) is 1.27. The van der Waals surface area contributed by atoms with Gasteiger partial charge in [0.05, 0.1) is 0 Å². The fraction of sp³-hybridized carbons (Fsp3) is 0.